The van der Waals surface area contributed by atoms with E-state index in [0.29, 0.717) is 0 Å². The molecular formula is C4H14Na2O9. The minimum atomic E-state index is -1.37. The van der Waals surface area contributed by atoms with E-state index in [2.05, 4.69) is 0 Å². The molecule has 0 aromatic rings. The van der Waals surface area contributed by atoms with Crippen molar-refractivity contribution in [2.24, 2.45) is 0 Å². The van der Waals surface area contributed by atoms with Crippen molar-refractivity contribution in [1.29, 1.82) is 0 Å². The van der Waals surface area contributed by atoms with Crippen LogP contribution in [0, 0.1) is 0 Å². The van der Waals surface area contributed by atoms with Crippen LogP contribution in [0.25, 0.3) is 0 Å². The van der Waals surface area contributed by atoms with E-state index in [-0.39, 0.29) is 86.5 Å². The van der Waals surface area contributed by atoms with E-state index in [9.17, 15) is 19.8 Å². The number of rotatable bonds is 3. The molecule has 0 radical (unpaired) electrons. The van der Waals surface area contributed by atoms with Gasteiger partial charge in [0.05, 0.1) is 0 Å². The first-order valence-electron chi connectivity index (χ1n) is 2.02. The maximum Gasteiger partial charge on any atom is 1.00 e. The molecule has 0 fully saturated rings. The summed E-state index contributed by atoms with van der Waals surface area (Å²) in [7, 11) is 0. The number of carbonyl (C=O) groups excluding carboxylic acids is 2. The fourth-order valence-electron chi connectivity index (χ4n) is 0.204. The van der Waals surface area contributed by atoms with Crippen LogP contribution in [0.15, 0.2) is 0 Å². The van der Waals surface area contributed by atoms with E-state index in [1.54, 1.807) is 0 Å². The van der Waals surface area contributed by atoms with Gasteiger partial charge < -0.3 is 47.2 Å². The molecule has 0 saturated carbocycles. The second kappa shape index (κ2) is 36.4. The molecule has 15 heavy (non-hydrogen) atoms. The predicted molar refractivity (Wildman–Crippen MR) is 37.3 cm³/mol. The van der Waals surface area contributed by atoms with Crippen molar-refractivity contribution in [2.45, 2.75) is 12.8 Å². The Bertz CT molecular complexity index is 105. The Labute approximate surface area is 130 Å². The van der Waals surface area contributed by atoms with Gasteiger partial charge in [0, 0.05) is 11.9 Å². The predicted octanol–water partition coefficient (Wildman–Crippen LogP) is -12.8. The van der Waals surface area contributed by atoms with Gasteiger partial charge in [-0.2, -0.15) is 0 Å². The van der Waals surface area contributed by atoms with Crippen molar-refractivity contribution < 1.29 is 106 Å². The number of aliphatic carboxylic acids is 2. The number of carboxylic acids is 2. The van der Waals surface area contributed by atoms with Crippen LogP contribution in [-0.4, -0.2) is 39.3 Å². The van der Waals surface area contributed by atoms with Crippen LogP contribution in [0.5, 0.6) is 0 Å². The standard InChI is InChI=1S/C4H6O4.2Na.5H2O/c5-3(6)1-2-4(7)8;;;;;;;/h1-2H2,(H,5,6)(H,7,8);;;5*1H2/q;2*+1;;;;;/p-2. The third kappa shape index (κ3) is 72.6. The molecule has 0 unspecified atom stereocenters. The van der Waals surface area contributed by atoms with Crippen molar-refractivity contribution in [2.75, 3.05) is 0 Å². The molecule has 0 aliphatic heterocycles. The Morgan fingerprint density at radius 1 is 0.667 bits per heavy atom. The number of hydrogen-bond acceptors (Lipinski definition) is 4. The molecule has 0 aliphatic carbocycles. The maximum atomic E-state index is 9.50. The van der Waals surface area contributed by atoms with E-state index in [1.807, 2.05) is 0 Å². The quantitative estimate of drug-likeness (QED) is 0.444. The zero-order valence-corrected chi connectivity index (χ0v) is 12.5. The summed E-state index contributed by atoms with van der Waals surface area (Å²) in [6.07, 6.45) is -0.940. The molecule has 9 nitrogen and oxygen atoms in total. The Morgan fingerprint density at radius 3 is 0.867 bits per heavy atom. The molecule has 11 heteroatoms. The first-order valence-corrected chi connectivity index (χ1v) is 2.02. The Balaban J connectivity index is -0.0000000117. The average molecular weight is 252 g/mol. The fraction of sp³-hybridized carbons (Fsp3) is 0.500. The van der Waals surface area contributed by atoms with Crippen molar-refractivity contribution in [1.82, 2.24) is 0 Å². The maximum absolute atomic E-state index is 9.50. The van der Waals surface area contributed by atoms with Crippen LogP contribution in [0.1, 0.15) is 12.8 Å². The molecule has 0 aromatic carbocycles. The van der Waals surface area contributed by atoms with Crippen molar-refractivity contribution >= 4 is 11.9 Å². The van der Waals surface area contributed by atoms with Gasteiger partial charge in [-0.15, -0.1) is 0 Å². The van der Waals surface area contributed by atoms with Crippen LogP contribution in [-0.2, 0) is 9.59 Å². The summed E-state index contributed by atoms with van der Waals surface area (Å²) in [5.74, 6) is -2.73. The number of carbonyl (C=O) groups is 2. The Hall–Kier alpha value is 0.740. The summed E-state index contributed by atoms with van der Waals surface area (Å²) in [5, 5.41) is 19.0. The molecule has 0 atom stereocenters. The zero-order valence-electron chi connectivity index (χ0n) is 8.55. The molecule has 0 heterocycles. The molecule has 10 N–H and O–H groups in total. The molecule has 0 rings (SSSR count). The van der Waals surface area contributed by atoms with Crippen molar-refractivity contribution in [3.63, 3.8) is 0 Å². The van der Waals surface area contributed by atoms with Gasteiger partial charge in [0.1, 0.15) is 0 Å². The van der Waals surface area contributed by atoms with Gasteiger partial charge >= 0.3 is 59.1 Å². The van der Waals surface area contributed by atoms with E-state index < -0.39 is 24.8 Å². The Morgan fingerprint density at radius 2 is 0.800 bits per heavy atom. The van der Waals surface area contributed by atoms with Gasteiger partial charge in [-0.1, -0.05) is 0 Å². The van der Waals surface area contributed by atoms with Crippen LogP contribution in [0.4, 0.5) is 0 Å². The Kier molecular flexibility index (Phi) is 139. The number of carboxylic acid groups (broad SMARTS) is 2. The smallest absolute Gasteiger partial charge is 0.550 e. The van der Waals surface area contributed by atoms with Crippen LogP contribution < -0.4 is 69.3 Å². The molecule has 0 bridgehead atoms. The fourth-order valence-corrected chi connectivity index (χ4v) is 0.204. The first-order chi connectivity index (χ1) is 3.63. The van der Waals surface area contributed by atoms with Gasteiger partial charge in [-0.25, -0.2) is 0 Å². The zero-order chi connectivity index (χ0) is 6.57. The van der Waals surface area contributed by atoms with Crippen LogP contribution in [0.2, 0.25) is 0 Å². The summed E-state index contributed by atoms with van der Waals surface area (Å²) in [5.41, 5.74) is 0. The van der Waals surface area contributed by atoms with Gasteiger partial charge in [0.2, 0.25) is 0 Å². The first kappa shape index (κ1) is 57.1. The minimum Gasteiger partial charge on any atom is -0.550 e. The summed E-state index contributed by atoms with van der Waals surface area (Å²) in [6.45, 7) is 0. The van der Waals surface area contributed by atoms with Gasteiger partial charge in [0.15, 0.2) is 0 Å². The van der Waals surface area contributed by atoms with E-state index >= 15 is 0 Å². The molecule has 0 aromatic heterocycles. The monoisotopic (exact) mass is 252 g/mol. The summed E-state index contributed by atoms with van der Waals surface area (Å²) in [6, 6.07) is 0. The third-order valence-corrected chi connectivity index (χ3v) is 0.533. The molecule has 0 saturated heterocycles. The summed E-state index contributed by atoms with van der Waals surface area (Å²) < 4.78 is 0. The summed E-state index contributed by atoms with van der Waals surface area (Å²) in [4.78, 5) is 19.0. The van der Waals surface area contributed by atoms with E-state index in [1.165, 1.54) is 0 Å². The molecule has 0 spiro atoms. The number of hydrogen-bond donors (Lipinski definition) is 0. The van der Waals surface area contributed by atoms with Crippen LogP contribution in [0.3, 0.4) is 0 Å². The molecule has 0 amide bonds. The topological polar surface area (TPSA) is 238 Å². The molecule has 0 aliphatic rings. The normalized spacial score (nSPS) is 4.53. The molecular weight excluding hydrogens is 238 g/mol. The van der Waals surface area contributed by atoms with Gasteiger partial charge in [-0.3, -0.25) is 0 Å². The minimum absolute atomic E-state index is 0. The van der Waals surface area contributed by atoms with Gasteiger partial charge in [0.25, 0.3) is 0 Å². The van der Waals surface area contributed by atoms with Crippen molar-refractivity contribution in [3.8, 4) is 0 Å². The van der Waals surface area contributed by atoms with Crippen molar-refractivity contribution in [3.05, 3.63) is 0 Å². The second-order valence-electron chi connectivity index (χ2n) is 1.24. The summed E-state index contributed by atoms with van der Waals surface area (Å²) >= 11 is 0. The largest absolute Gasteiger partial charge is 1.00 e. The molecule has 86 valence electrons. The van der Waals surface area contributed by atoms with E-state index in [4.69, 9.17) is 0 Å². The second-order valence-corrected chi connectivity index (χ2v) is 1.24. The van der Waals surface area contributed by atoms with Crippen LogP contribution >= 0.6 is 0 Å². The van der Waals surface area contributed by atoms with E-state index in [0.717, 1.165) is 0 Å². The average Bonchev–Trinajstić information content (AvgIpc) is 1.61. The SMILES string of the molecule is O.O.O.O.O.O=C([O-])CCC(=O)[O-].[Na+].[Na+]. The third-order valence-electron chi connectivity index (χ3n) is 0.533. The van der Waals surface area contributed by atoms with Gasteiger partial charge in [-0.05, 0) is 12.8 Å².